The van der Waals surface area contributed by atoms with Crippen LogP contribution < -0.4 is 20.3 Å². The number of ether oxygens (including phenoxy) is 2. The molecule has 1 aliphatic heterocycles. The summed E-state index contributed by atoms with van der Waals surface area (Å²) in [6.45, 7) is 1.79. The second kappa shape index (κ2) is 11.6. The van der Waals surface area contributed by atoms with Gasteiger partial charge in [-0.25, -0.2) is 4.79 Å². The summed E-state index contributed by atoms with van der Waals surface area (Å²) >= 11 is 5.82. The van der Waals surface area contributed by atoms with Crippen LogP contribution in [0.2, 0.25) is 0 Å². The molecule has 40 heavy (non-hydrogen) atoms. The van der Waals surface area contributed by atoms with Crippen LogP contribution in [0.5, 0.6) is 5.75 Å². The maximum Gasteiger partial charge on any atom is 0.337 e. The van der Waals surface area contributed by atoms with Crippen molar-refractivity contribution in [2.45, 2.75) is 25.4 Å². The number of nitrogens with zero attached hydrogens (tertiary/aromatic N) is 2. The molecule has 1 amide bonds. The highest BCUT2D eigenvalue weighted by Gasteiger charge is 2.42. The van der Waals surface area contributed by atoms with Gasteiger partial charge in [-0.1, -0.05) is 25.1 Å². The van der Waals surface area contributed by atoms with Crippen LogP contribution in [0.15, 0.2) is 83.4 Å². The number of methoxy groups -OCH3 is 2. The number of furan rings is 1. The number of benzene rings is 2. The Morgan fingerprint density at radius 3 is 2.65 bits per heavy atom. The Bertz CT molecular complexity index is 1550. The van der Waals surface area contributed by atoms with Gasteiger partial charge in [0.1, 0.15) is 23.3 Å². The topological polar surface area (TPSA) is 106 Å². The maximum absolute atomic E-state index is 12.1. The third kappa shape index (κ3) is 5.26. The van der Waals surface area contributed by atoms with Gasteiger partial charge in [-0.05, 0) is 60.7 Å². The van der Waals surface area contributed by atoms with Crippen LogP contribution in [0.1, 0.15) is 47.2 Å². The summed E-state index contributed by atoms with van der Waals surface area (Å²) in [5.74, 6) is 1.20. The van der Waals surface area contributed by atoms with Crippen LogP contribution in [0, 0.1) is 0 Å². The van der Waals surface area contributed by atoms with E-state index in [1.807, 2.05) is 53.4 Å². The SMILES string of the molecule is CCC(=O)Nc1ccc(N2C(=S)N[C@H](c3ccccn3)[C@@H]2c2ccc(-c3cccc(C(=O)OC)c3)o2)cc1OC. The van der Waals surface area contributed by atoms with Crippen molar-refractivity contribution in [2.24, 2.45) is 0 Å². The Hall–Kier alpha value is -4.70. The first kappa shape index (κ1) is 26.9. The molecule has 0 aliphatic carbocycles. The fourth-order valence-electron chi connectivity index (χ4n) is 4.68. The van der Waals surface area contributed by atoms with Crippen molar-refractivity contribution >= 4 is 40.6 Å². The molecule has 0 spiro atoms. The second-order valence-electron chi connectivity index (χ2n) is 9.06. The Morgan fingerprint density at radius 2 is 1.93 bits per heavy atom. The number of anilines is 2. The molecule has 204 valence electrons. The highest BCUT2D eigenvalue weighted by Crippen LogP contribution is 2.44. The molecule has 2 aromatic heterocycles. The Kier molecular flexibility index (Phi) is 7.79. The minimum absolute atomic E-state index is 0.114. The van der Waals surface area contributed by atoms with Crippen LogP contribution in [-0.2, 0) is 9.53 Å². The Morgan fingerprint density at radius 1 is 1.07 bits per heavy atom. The quantitative estimate of drug-likeness (QED) is 0.210. The number of nitrogens with one attached hydrogen (secondary N) is 2. The van der Waals surface area contributed by atoms with Gasteiger partial charge in [-0.15, -0.1) is 0 Å². The van der Waals surface area contributed by atoms with Gasteiger partial charge >= 0.3 is 5.97 Å². The molecule has 5 rings (SSSR count). The zero-order valence-electron chi connectivity index (χ0n) is 22.2. The molecule has 0 bridgehead atoms. The number of carbonyl (C=O) groups is 2. The van der Waals surface area contributed by atoms with E-state index in [0.717, 1.165) is 16.9 Å². The van der Waals surface area contributed by atoms with Gasteiger partial charge in [0.25, 0.3) is 0 Å². The zero-order chi connectivity index (χ0) is 28.2. The normalized spacial score (nSPS) is 16.4. The molecule has 1 aliphatic rings. The molecule has 4 aromatic rings. The number of aromatic nitrogens is 1. The molecule has 1 saturated heterocycles. The van der Waals surface area contributed by atoms with E-state index >= 15 is 0 Å². The van der Waals surface area contributed by atoms with E-state index in [1.165, 1.54) is 7.11 Å². The fraction of sp³-hybridized carbons (Fsp3) is 0.200. The predicted octanol–water partition coefficient (Wildman–Crippen LogP) is 5.66. The molecule has 9 nitrogen and oxygen atoms in total. The highest BCUT2D eigenvalue weighted by molar-refractivity contribution is 7.80. The first-order chi connectivity index (χ1) is 19.4. The first-order valence-corrected chi connectivity index (χ1v) is 13.1. The van der Waals surface area contributed by atoms with Crippen molar-refractivity contribution < 1.29 is 23.5 Å². The van der Waals surface area contributed by atoms with E-state index in [2.05, 4.69) is 15.6 Å². The molecule has 0 unspecified atom stereocenters. The average Bonchev–Trinajstić information content (AvgIpc) is 3.62. The van der Waals surface area contributed by atoms with Gasteiger partial charge in [0.15, 0.2) is 5.11 Å². The van der Waals surface area contributed by atoms with E-state index in [4.69, 9.17) is 26.1 Å². The molecule has 3 heterocycles. The second-order valence-corrected chi connectivity index (χ2v) is 9.44. The van der Waals surface area contributed by atoms with Gasteiger partial charge in [0.05, 0.1) is 37.2 Å². The lowest BCUT2D eigenvalue weighted by molar-refractivity contribution is -0.115. The Labute approximate surface area is 237 Å². The third-order valence-corrected chi connectivity index (χ3v) is 6.96. The number of hydrogen-bond donors (Lipinski definition) is 2. The molecular formula is C30H28N4O5S. The van der Waals surface area contributed by atoms with Gasteiger partial charge < -0.3 is 29.4 Å². The number of esters is 1. The van der Waals surface area contributed by atoms with Crippen molar-refractivity contribution in [3.8, 4) is 17.1 Å². The lowest BCUT2D eigenvalue weighted by atomic mass is 10.0. The largest absolute Gasteiger partial charge is 0.494 e. The molecule has 1 fully saturated rings. The number of thiocarbonyl (C=S) groups is 1. The first-order valence-electron chi connectivity index (χ1n) is 12.7. The molecule has 2 atom stereocenters. The zero-order valence-corrected chi connectivity index (χ0v) is 23.0. The number of pyridine rings is 1. The smallest absolute Gasteiger partial charge is 0.337 e. The summed E-state index contributed by atoms with van der Waals surface area (Å²) < 4.78 is 16.9. The number of carbonyl (C=O) groups excluding carboxylic acids is 2. The van der Waals surface area contributed by atoms with E-state index in [9.17, 15) is 9.59 Å². The van der Waals surface area contributed by atoms with Crippen molar-refractivity contribution in [1.29, 1.82) is 0 Å². The van der Waals surface area contributed by atoms with Crippen LogP contribution >= 0.6 is 12.2 Å². The number of amides is 1. The van der Waals surface area contributed by atoms with E-state index < -0.39 is 12.0 Å². The summed E-state index contributed by atoms with van der Waals surface area (Å²) in [4.78, 5) is 30.6. The molecule has 2 N–H and O–H groups in total. The van der Waals surface area contributed by atoms with Crippen LogP contribution in [0.3, 0.4) is 0 Å². The molecule has 2 aromatic carbocycles. The highest BCUT2D eigenvalue weighted by atomic mass is 32.1. The van der Waals surface area contributed by atoms with Crippen molar-refractivity contribution in [3.05, 3.63) is 96.0 Å². The lowest BCUT2D eigenvalue weighted by Gasteiger charge is -2.27. The maximum atomic E-state index is 12.1. The number of hydrogen-bond acceptors (Lipinski definition) is 7. The summed E-state index contributed by atoms with van der Waals surface area (Å²) in [6.07, 6.45) is 2.09. The monoisotopic (exact) mass is 556 g/mol. The molecule has 10 heteroatoms. The molecular weight excluding hydrogens is 528 g/mol. The van der Waals surface area contributed by atoms with E-state index in [-0.39, 0.29) is 11.9 Å². The van der Waals surface area contributed by atoms with Gasteiger partial charge in [-0.3, -0.25) is 9.78 Å². The van der Waals surface area contributed by atoms with E-state index in [0.29, 0.717) is 40.1 Å². The molecule has 0 saturated carbocycles. The van der Waals surface area contributed by atoms with Crippen molar-refractivity contribution in [2.75, 3.05) is 24.4 Å². The van der Waals surface area contributed by atoms with Crippen LogP contribution in [-0.4, -0.2) is 36.2 Å². The lowest BCUT2D eigenvalue weighted by Crippen LogP contribution is -2.29. The van der Waals surface area contributed by atoms with Crippen molar-refractivity contribution in [3.63, 3.8) is 0 Å². The van der Waals surface area contributed by atoms with E-state index in [1.54, 1.807) is 44.5 Å². The summed E-state index contributed by atoms with van der Waals surface area (Å²) in [6, 6.07) is 21.3. The predicted molar refractivity (Wildman–Crippen MR) is 155 cm³/mol. The summed E-state index contributed by atoms with van der Waals surface area (Å²) in [7, 11) is 2.90. The minimum Gasteiger partial charge on any atom is -0.494 e. The minimum atomic E-state index is -0.423. The standard InChI is InChI=1S/C30H28N4O5S/c1-4-26(35)32-21-12-11-20(17-25(21)37-2)34-28(27(33-30(34)40)22-10-5-6-15-31-22)24-14-13-23(39-24)18-8-7-9-19(16-18)29(36)38-3/h5-17,27-28H,4H2,1-3H3,(H,32,35)(H,33,40)/t27-,28+/m1/s1. The van der Waals surface area contributed by atoms with Gasteiger partial charge in [0.2, 0.25) is 5.91 Å². The number of rotatable bonds is 8. The van der Waals surface area contributed by atoms with Gasteiger partial charge in [-0.2, -0.15) is 0 Å². The summed E-state index contributed by atoms with van der Waals surface area (Å²) in [5, 5.41) is 6.75. The summed E-state index contributed by atoms with van der Waals surface area (Å²) in [5.41, 5.74) is 3.28. The third-order valence-electron chi connectivity index (χ3n) is 6.64. The molecule has 0 radical (unpaired) electrons. The Balaban J connectivity index is 1.57. The fourth-order valence-corrected chi connectivity index (χ4v) is 5.02. The van der Waals surface area contributed by atoms with Crippen LogP contribution in [0.25, 0.3) is 11.3 Å². The van der Waals surface area contributed by atoms with Crippen LogP contribution in [0.4, 0.5) is 11.4 Å². The average molecular weight is 557 g/mol. The van der Waals surface area contributed by atoms with Crippen molar-refractivity contribution in [1.82, 2.24) is 10.3 Å². The van der Waals surface area contributed by atoms with Gasteiger partial charge in [0, 0.05) is 29.9 Å².